The van der Waals surface area contributed by atoms with Gasteiger partial charge in [-0.25, -0.2) is 9.07 Å². The molecule has 0 spiro atoms. The maximum absolute atomic E-state index is 12.8. The van der Waals surface area contributed by atoms with Gasteiger partial charge in [0.25, 0.3) is 0 Å². The fraction of sp³-hybridized carbons (Fsp3) is 0.125. The molecule has 0 fully saturated rings. The molecule has 0 aliphatic carbocycles. The number of para-hydroxylation sites is 1. The predicted molar refractivity (Wildman–Crippen MR) is 75.2 cm³/mol. The summed E-state index contributed by atoms with van der Waals surface area (Å²) in [6.45, 7) is 0. The molecular weight excluding hydrogens is 253 g/mol. The number of aryl methyl sites for hydroxylation is 2. The second kappa shape index (κ2) is 5.65. The Morgan fingerprint density at radius 2 is 1.65 bits per heavy atom. The Kier molecular flexibility index (Phi) is 3.54. The van der Waals surface area contributed by atoms with E-state index in [4.69, 9.17) is 0 Å². The summed E-state index contributed by atoms with van der Waals surface area (Å²) in [5.74, 6) is -0.205. The van der Waals surface area contributed by atoms with E-state index in [-0.39, 0.29) is 5.82 Å². The predicted octanol–water partition coefficient (Wildman–Crippen LogP) is 3.19. The van der Waals surface area contributed by atoms with Gasteiger partial charge in [-0.15, -0.1) is 5.10 Å². The molecular formula is C16H14FN3. The summed E-state index contributed by atoms with van der Waals surface area (Å²) in [7, 11) is 0. The van der Waals surface area contributed by atoms with Crippen molar-refractivity contribution < 1.29 is 4.39 Å². The van der Waals surface area contributed by atoms with Gasteiger partial charge in [0.15, 0.2) is 0 Å². The molecule has 1 heterocycles. The zero-order valence-electron chi connectivity index (χ0n) is 10.9. The van der Waals surface area contributed by atoms with E-state index in [1.54, 1.807) is 16.8 Å². The maximum atomic E-state index is 12.8. The first-order valence-electron chi connectivity index (χ1n) is 6.52. The summed E-state index contributed by atoms with van der Waals surface area (Å²) < 4.78 is 14.6. The Morgan fingerprint density at radius 1 is 0.900 bits per heavy atom. The number of aromatic nitrogens is 3. The van der Waals surface area contributed by atoms with Gasteiger partial charge in [-0.1, -0.05) is 35.5 Å². The fourth-order valence-electron chi connectivity index (χ4n) is 2.04. The number of nitrogens with zero attached hydrogens (tertiary/aromatic N) is 3. The van der Waals surface area contributed by atoms with Crippen molar-refractivity contribution in [3.05, 3.63) is 77.9 Å². The highest BCUT2D eigenvalue weighted by Crippen LogP contribution is 2.09. The smallest absolute Gasteiger partial charge is 0.123 e. The van der Waals surface area contributed by atoms with Gasteiger partial charge in [-0.05, 0) is 42.7 Å². The van der Waals surface area contributed by atoms with Crippen LogP contribution in [-0.4, -0.2) is 15.0 Å². The van der Waals surface area contributed by atoms with Crippen LogP contribution in [0, 0.1) is 5.82 Å². The van der Waals surface area contributed by atoms with E-state index in [1.165, 1.54) is 12.1 Å². The minimum atomic E-state index is -0.205. The van der Waals surface area contributed by atoms with Crippen molar-refractivity contribution in [1.29, 1.82) is 0 Å². The molecule has 3 nitrogen and oxygen atoms in total. The van der Waals surface area contributed by atoms with Crippen molar-refractivity contribution in [2.75, 3.05) is 0 Å². The first kappa shape index (κ1) is 12.5. The van der Waals surface area contributed by atoms with Crippen molar-refractivity contribution in [3.63, 3.8) is 0 Å². The average Bonchev–Trinajstić information content (AvgIpc) is 2.97. The lowest BCUT2D eigenvalue weighted by Gasteiger charge is -1.99. The van der Waals surface area contributed by atoms with Crippen LogP contribution in [0.3, 0.4) is 0 Å². The van der Waals surface area contributed by atoms with Crippen molar-refractivity contribution in [2.45, 2.75) is 12.8 Å². The van der Waals surface area contributed by atoms with E-state index in [0.29, 0.717) is 0 Å². The van der Waals surface area contributed by atoms with Crippen molar-refractivity contribution >= 4 is 0 Å². The topological polar surface area (TPSA) is 30.7 Å². The first-order chi connectivity index (χ1) is 9.81. The second-order valence-electron chi connectivity index (χ2n) is 4.62. The molecule has 0 saturated carbocycles. The molecule has 4 heteroatoms. The van der Waals surface area contributed by atoms with Gasteiger partial charge in [0.05, 0.1) is 17.6 Å². The molecule has 3 aromatic rings. The SMILES string of the molecule is Fc1ccc(CCc2cn(-c3ccccc3)nn2)cc1. The third-order valence-corrected chi connectivity index (χ3v) is 3.14. The molecule has 0 aliphatic heterocycles. The third-order valence-electron chi connectivity index (χ3n) is 3.14. The number of benzene rings is 2. The highest BCUT2D eigenvalue weighted by molar-refractivity contribution is 5.30. The van der Waals surface area contributed by atoms with Crippen LogP contribution in [0.4, 0.5) is 4.39 Å². The summed E-state index contributed by atoms with van der Waals surface area (Å²) in [4.78, 5) is 0. The Labute approximate surface area is 116 Å². The van der Waals surface area contributed by atoms with Gasteiger partial charge < -0.3 is 0 Å². The molecule has 0 amide bonds. The van der Waals surface area contributed by atoms with E-state index in [0.717, 1.165) is 29.8 Å². The minimum Gasteiger partial charge on any atom is -0.220 e. The normalized spacial score (nSPS) is 10.7. The van der Waals surface area contributed by atoms with Gasteiger partial charge in [0.1, 0.15) is 5.82 Å². The van der Waals surface area contributed by atoms with Crippen LogP contribution in [0.5, 0.6) is 0 Å². The lowest BCUT2D eigenvalue weighted by Crippen LogP contribution is -1.93. The first-order valence-corrected chi connectivity index (χ1v) is 6.52. The largest absolute Gasteiger partial charge is 0.220 e. The molecule has 0 bridgehead atoms. The standard InChI is InChI=1S/C16H14FN3/c17-14-9-6-13(7-10-14)8-11-15-12-20(19-18-15)16-4-2-1-3-5-16/h1-7,9-10,12H,8,11H2. The van der Waals surface area contributed by atoms with Crippen molar-refractivity contribution in [2.24, 2.45) is 0 Å². The van der Waals surface area contributed by atoms with Crippen LogP contribution in [0.15, 0.2) is 60.8 Å². The highest BCUT2D eigenvalue weighted by atomic mass is 19.1. The Hall–Kier alpha value is -2.49. The molecule has 20 heavy (non-hydrogen) atoms. The third kappa shape index (κ3) is 2.91. The molecule has 3 rings (SSSR count). The molecule has 2 aromatic carbocycles. The average molecular weight is 267 g/mol. The van der Waals surface area contributed by atoms with E-state index < -0.39 is 0 Å². The maximum Gasteiger partial charge on any atom is 0.123 e. The Morgan fingerprint density at radius 3 is 2.40 bits per heavy atom. The molecule has 0 N–H and O–H groups in total. The number of hydrogen-bond acceptors (Lipinski definition) is 2. The monoisotopic (exact) mass is 267 g/mol. The van der Waals surface area contributed by atoms with Crippen LogP contribution in [0.2, 0.25) is 0 Å². The van der Waals surface area contributed by atoms with Gasteiger partial charge in [-0.3, -0.25) is 0 Å². The summed E-state index contributed by atoms with van der Waals surface area (Å²) in [6, 6.07) is 16.4. The molecule has 0 saturated heterocycles. The van der Waals surface area contributed by atoms with Crippen LogP contribution in [0.1, 0.15) is 11.3 Å². The number of rotatable bonds is 4. The van der Waals surface area contributed by atoms with Gasteiger partial charge in [0.2, 0.25) is 0 Å². The van der Waals surface area contributed by atoms with E-state index in [9.17, 15) is 4.39 Å². The number of halogens is 1. The Balaban J connectivity index is 1.67. The lowest BCUT2D eigenvalue weighted by atomic mass is 10.1. The summed E-state index contributed by atoms with van der Waals surface area (Å²) in [6.07, 6.45) is 3.55. The van der Waals surface area contributed by atoms with E-state index >= 15 is 0 Å². The van der Waals surface area contributed by atoms with E-state index in [2.05, 4.69) is 10.3 Å². The zero-order chi connectivity index (χ0) is 13.8. The Bertz CT molecular complexity index is 674. The summed E-state index contributed by atoms with van der Waals surface area (Å²) >= 11 is 0. The quantitative estimate of drug-likeness (QED) is 0.726. The lowest BCUT2D eigenvalue weighted by molar-refractivity contribution is 0.627. The highest BCUT2D eigenvalue weighted by Gasteiger charge is 2.03. The van der Waals surface area contributed by atoms with Crippen LogP contribution < -0.4 is 0 Å². The van der Waals surface area contributed by atoms with Crippen molar-refractivity contribution in [1.82, 2.24) is 15.0 Å². The minimum absolute atomic E-state index is 0.205. The van der Waals surface area contributed by atoms with Crippen molar-refractivity contribution in [3.8, 4) is 5.69 Å². The second-order valence-corrected chi connectivity index (χ2v) is 4.62. The van der Waals surface area contributed by atoms with Crippen LogP contribution >= 0.6 is 0 Å². The fourth-order valence-corrected chi connectivity index (χ4v) is 2.04. The van der Waals surface area contributed by atoms with Crippen LogP contribution in [0.25, 0.3) is 5.69 Å². The van der Waals surface area contributed by atoms with Gasteiger partial charge in [0, 0.05) is 0 Å². The van der Waals surface area contributed by atoms with Gasteiger partial charge >= 0.3 is 0 Å². The molecule has 0 atom stereocenters. The van der Waals surface area contributed by atoms with E-state index in [1.807, 2.05) is 36.5 Å². The molecule has 0 radical (unpaired) electrons. The number of hydrogen-bond donors (Lipinski definition) is 0. The molecule has 1 aromatic heterocycles. The zero-order valence-corrected chi connectivity index (χ0v) is 10.9. The van der Waals surface area contributed by atoms with Crippen LogP contribution in [-0.2, 0) is 12.8 Å². The molecule has 0 aliphatic rings. The molecule has 0 unspecified atom stereocenters. The molecule has 100 valence electrons. The van der Waals surface area contributed by atoms with Gasteiger partial charge in [-0.2, -0.15) is 0 Å². The summed E-state index contributed by atoms with van der Waals surface area (Å²) in [5, 5.41) is 8.28. The summed E-state index contributed by atoms with van der Waals surface area (Å²) in [5.41, 5.74) is 3.02.